The van der Waals surface area contributed by atoms with Crippen molar-refractivity contribution in [2.45, 2.75) is 26.7 Å². The van der Waals surface area contributed by atoms with E-state index in [0.717, 1.165) is 12.8 Å². The highest BCUT2D eigenvalue weighted by molar-refractivity contribution is 5.85. The molecule has 0 aliphatic rings. The van der Waals surface area contributed by atoms with Gasteiger partial charge < -0.3 is 5.73 Å². The summed E-state index contributed by atoms with van der Waals surface area (Å²) in [6.45, 7) is 4.25. The third-order valence-corrected chi connectivity index (χ3v) is 1.27. The van der Waals surface area contributed by atoms with Crippen molar-refractivity contribution < 1.29 is 0 Å². The summed E-state index contributed by atoms with van der Waals surface area (Å²) in [5.74, 6) is 3.42. The van der Waals surface area contributed by atoms with Crippen molar-refractivity contribution in [3.63, 3.8) is 0 Å². The van der Waals surface area contributed by atoms with Crippen LogP contribution in [0.25, 0.3) is 0 Å². The fraction of sp³-hybridized carbons (Fsp3) is 0.714. The number of nitrogens with two attached hydrogens (primary N) is 1. The van der Waals surface area contributed by atoms with Crippen LogP contribution in [0.15, 0.2) is 0 Å². The van der Waals surface area contributed by atoms with Crippen molar-refractivity contribution in [3.8, 4) is 12.0 Å². The zero-order chi connectivity index (χ0) is 6.41. The van der Waals surface area contributed by atoms with E-state index in [4.69, 9.17) is 5.73 Å². The van der Waals surface area contributed by atoms with Crippen molar-refractivity contribution in [1.82, 2.24) is 0 Å². The molecule has 0 unspecified atom stereocenters. The van der Waals surface area contributed by atoms with E-state index < -0.39 is 0 Å². The molecule has 0 atom stereocenters. The maximum atomic E-state index is 5.02. The van der Waals surface area contributed by atoms with Gasteiger partial charge in [-0.2, -0.15) is 0 Å². The lowest BCUT2D eigenvalue weighted by Crippen LogP contribution is -1.92. The first-order valence-electron chi connectivity index (χ1n) is 3.06. The van der Waals surface area contributed by atoms with Gasteiger partial charge in [-0.05, 0) is 12.8 Å². The maximum absolute atomic E-state index is 5.02. The van der Waals surface area contributed by atoms with Gasteiger partial charge in [0, 0.05) is 12.0 Å². The molecule has 0 aromatic heterocycles. The summed E-state index contributed by atoms with van der Waals surface area (Å²) in [6, 6.07) is 2.42. The minimum absolute atomic E-state index is 0. The maximum Gasteiger partial charge on any atom is 0.0215 e. The van der Waals surface area contributed by atoms with Crippen LogP contribution < -0.4 is 5.73 Å². The molecular formula is C7H14ClN. The number of halogens is 1. The Morgan fingerprint density at radius 2 is 1.78 bits per heavy atom. The quantitative estimate of drug-likeness (QED) is 0.468. The summed E-state index contributed by atoms with van der Waals surface area (Å²) in [7, 11) is 0. The Kier molecular flexibility index (Phi) is 9.73. The van der Waals surface area contributed by atoms with Crippen LogP contribution in [0.1, 0.15) is 26.7 Å². The molecule has 0 bridgehead atoms. The number of hydrogen-bond donors (Lipinski definition) is 1. The predicted molar refractivity (Wildman–Crippen MR) is 43.3 cm³/mol. The zero-order valence-corrected chi connectivity index (χ0v) is 6.79. The van der Waals surface area contributed by atoms with Crippen molar-refractivity contribution in [3.05, 3.63) is 0 Å². The lowest BCUT2D eigenvalue weighted by molar-refractivity contribution is 0.627. The van der Waals surface area contributed by atoms with Gasteiger partial charge >= 0.3 is 0 Å². The molecule has 2 N–H and O–H groups in total. The molecule has 0 radical (unpaired) electrons. The molecule has 54 valence electrons. The Hall–Kier alpha value is -0.350. The minimum Gasteiger partial charge on any atom is -0.359 e. The molecular weight excluding hydrogens is 134 g/mol. The van der Waals surface area contributed by atoms with Gasteiger partial charge in [0.25, 0.3) is 0 Å². The molecule has 0 spiro atoms. The van der Waals surface area contributed by atoms with Crippen molar-refractivity contribution in [2.75, 3.05) is 0 Å². The number of hydrogen-bond acceptors (Lipinski definition) is 1. The van der Waals surface area contributed by atoms with Crippen LogP contribution in [0.4, 0.5) is 0 Å². The Bertz CT molecular complexity index is 97.2. The van der Waals surface area contributed by atoms with E-state index in [1.807, 2.05) is 0 Å². The van der Waals surface area contributed by atoms with E-state index in [0.29, 0.717) is 5.92 Å². The summed E-state index contributed by atoms with van der Waals surface area (Å²) in [4.78, 5) is 0. The van der Waals surface area contributed by atoms with Crippen LogP contribution in [0.5, 0.6) is 0 Å². The summed E-state index contributed by atoms with van der Waals surface area (Å²) in [5, 5.41) is 0. The molecule has 0 aliphatic heterocycles. The van der Waals surface area contributed by atoms with E-state index >= 15 is 0 Å². The average molecular weight is 148 g/mol. The molecule has 9 heavy (non-hydrogen) atoms. The highest BCUT2D eigenvalue weighted by Gasteiger charge is 1.94. The average Bonchev–Trinajstić information content (AvgIpc) is 1.83. The van der Waals surface area contributed by atoms with E-state index in [1.54, 1.807) is 0 Å². The first-order valence-corrected chi connectivity index (χ1v) is 3.06. The van der Waals surface area contributed by atoms with Crippen molar-refractivity contribution >= 4 is 12.4 Å². The molecule has 0 aliphatic carbocycles. The second-order valence-electron chi connectivity index (χ2n) is 1.80. The predicted octanol–water partition coefficient (Wildman–Crippen LogP) is 1.76. The second kappa shape index (κ2) is 7.65. The molecule has 0 aromatic carbocycles. The van der Waals surface area contributed by atoms with Gasteiger partial charge in [-0.3, -0.25) is 0 Å². The normalized spacial score (nSPS) is 7.44. The molecule has 0 saturated carbocycles. The van der Waals surface area contributed by atoms with Gasteiger partial charge in [0.05, 0.1) is 0 Å². The van der Waals surface area contributed by atoms with Gasteiger partial charge in [0.1, 0.15) is 0 Å². The third-order valence-electron chi connectivity index (χ3n) is 1.27. The molecule has 1 nitrogen and oxygen atoms in total. The summed E-state index contributed by atoms with van der Waals surface area (Å²) in [5.41, 5.74) is 5.02. The smallest absolute Gasteiger partial charge is 0.0215 e. The van der Waals surface area contributed by atoms with Gasteiger partial charge in [-0.25, -0.2) is 0 Å². The van der Waals surface area contributed by atoms with Crippen LogP contribution in [0.2, 0.25) is 0 Å². The van der Waals surface area contributed by atoms with Gasteiger partial charge in [0.2, 0.25) is 0 Å². The van der Waals surface area contributed by atoms with Crippen LogP contribution in [-0.2, 0) is 0 Å². The zero-order valence-electron chi connectivity index (χ0n) is 5.98. The van der Waals surface area contributed by atoms with Gasteiger partial charge in [-0.1, -0.05) is 19.8 Å². The molecule has 0 saturated heterocycles. The first-order chi connectivity index (χ1) is 3.85. The molecule has 0 amide bonds. The van der Waals surface area contributed by atoms with Crippen LogP contribution in [0.3, 0.4) is 0 Å². The van der Waals surface area contributed by atoms with E-state index in [-0.39, 0.29) is 12.4 Å². The van der Waals surface area contributed by atoms with Crippen LogP contribution in [-0.4, -0.2) is 0 Å². The topological polar surface area (TPSA) is 26.0 Å². The molecule has 0 fully saturated rings. The van der Waals surface area contributed by atoms with Gasteiger partial charge in [0.15, 0.2) is 0 Å². The SMILES string of the molecule is CCC(C#CN)CC.Cl. The Balaban J connectivity index is 0. The molecule has 0 aromatic rings. The monoisotopic (exact) mass is 147 g/mol. The first kappa shape index (κ1) is 11.4. The second-order valence-corrected chi connectivity index (χ2v) is 1.80. The molecule has 0 rings (SSSR count). The van der Waals surface area contributed by atoms with E-state index in [1.165, 1.54) is 0 Å². The minimum atomic E-state index is 0. The Labute approximate surface area is 63.4 Å². The van der Waals surface area contributed by atoms with Gasteiger partial charge in [-0.15, -0.1) is 12.4 Å². The molecule has 0 heterocycles. The summed E-state index contributed by atoms with van der Waals surface area (Å²) >= 11 is 0. The Morgan fingerprint density at radius 3 is 1.89 bits per heavy atom. The molecule has 2 heteroatoms. The largest absolute Gasteiger partial charge is 0.359 e. The fourth-order valence-corrected chi connectivity index (χ4v) is 0.611. The van der Waals surface area contributed by atoms with Crippen molar-refractivity contribution in [2.24, 2.45) is 11.7 Å². The standard InChI is InChI=1S/C7H13N.ClH/c1-3-7(4-2)5-6-8;/h7H,3-4,8H2,1-2H3;1H. The highest BCUT2D eigenvalue weighted by atomic mass is 35.5. The fourth-order valence-electron chi connectivity index (χ4n) is 0.611. The number of rotatable bonds is 2. The third kappa shape index (κ3) is 5.52. The summed E-state index contributed by atoms with van der Waals surface area (Å²) < 4.78 is 0. The Morgan fingerprint density at radius 1 is 1.33 bits per heavy atom. The van der Waals surface area contributed by atoms with Crippen LogP contribution in [0, 0.1) is 17.9 Å². The highest BCUT2D eigenvalue weighted by Crippen LogP contribution is 2.03. The summed E-state index contributed by atoms with van der Waals surface area (Å²) in [6.07, 6.45) is 2.22. The lowest BCUT2D eigenvalue weighted by Gasteiger charge is -1.98. The van der Waals surface area contributed by atoms with E-state index in [9.17, 15) is 0 Å². The van der Waals surface area contributed by atoms with E-state index in [2.05, 4.69) is 25.8 Å². The van der Waals surface area contributed by atoms with Crippen LogP contribution >= 0.6 is 12.4 Å². The van der Waals surface area contributed by atoms with Crippen molar-refractivity contribution in [1.29, 1.82) is 0 Å². The lowest BCUT2D eigenvalue weighted by atomic mass is 10.1.